The summed E-state index contributed by atoms with van der Waals surface area (Å²) in [4.78, 5) is 0. The van der Waals surface area contributed by atoms with Crippen LogP contribution in [0.4, 0.5) is 0 Å². The van der Waals surface area contributed by atoms with E-state index in [4.69, 9.17) is 0 Å². The second-order valence-corrected chi connectivity index (χ2v) is 4.15. The molecule has 1 unspecified atom stereocenters. The van der Waals surface area contributed by atoms with Gasteiger partial charge in [0, 0.05) is 0 Å². The van der Waals surface area contributed by atoms with Gasteiger partial charge in [-0.05, 0) is 37.7 Å². The van der Waals surface area contributed by atoms with Crippen molar-refractivity contribution in [3.63, 3.8) is 0 Å². The lowest BCUT2D eigenvalue weighted by atomic mass is 9.98. The van der Waals surface area contributed by atoms with E-state index >= 15 is 0 Å². The molecule has 0 amide bonds. The van der Waals surface area contributed by atoms with E-state index in [9.17, 15) is 0 Å². The molecule has 0 aliphatic heterocycles. The predicted molar refractivity (Wildman–Crippen MR) is 63.5 cm³/mol. The lowest BCUT2D eigenvalue weighted by Gasteiger charge is -2.08. The number of hydrogen-bond acceptors (Lipinski definition) is 0. The van der Waals surface area contributed by atoms with Gasteiger partial charge in [-0.2, -0.15) is 0 Å². The molecule has 0 nitrogen and oxygen atoms in total. The molecule has 0 bridgehead atoms. The highest BCUT2D eigenvalue weighted by molar-refractivity contribution is 5.21. The fourth-order valence-corrected chi connectivity index (χ4v) is 1.57. The molecule has 0 heterocycles. The molecule has 14 heavy (non-hydrogen) atoms. The van der Waals surface area contributed by atoms with Crippen LogP contribution in [0.5, 0.6) is 0 Å². The van der Waals surface area contributed by atoms with Gasteiger partial charge in [0.05, 0.1) is 0 Å². The highest BCUT2D eigenvalue weighted by atomic mass is 14.1. The first kappa shape index (κ1) is 11.0. The largest absolute Gasteiger partial charge is 0.103 e. The molecule has 0 radical (unpaired) electrons. The van der Waals surface area contributed by atoms with E-state index in [0.29, 0.717) is 0 Å². The normalized spacial score (nSPS) is 12.4. The van der Waals surface area contributed by atoms with Crippen LogP contribution in [0, 0.1) is 12.8 Å². The Morgan fingerprint density at radius 2 is 1.93 bits per heavy atom. The minimum Gasteiger partial charge on any atom is -0.103 e. The lowest BCUT2D eigenvalue weighted by Crippen LogP contribution is -1.95. The average molecular weight is 188 g/mol. The van der Waals surface area contributed by atoms with Crippen molar-refractivity contribution in [1.82, 2.24) is 0 Å². The van der Waals surface area contributed by atoms with E-state index in [2.05, 4.69) is 44.7 Å². The number of allylic oxidation sites excluding steroid dienone is 1. The zero-order valence-electron chi connectivity index (χ0n) is 9.29. The highest BCUT2D eigenvalue weighted by Gasteiger charge is 2.00. The summed E-state index contributed by atoms with van der Waals surface area (Å²) < 4.78 is 0. The quantitative estimate of drug-likeness (QED) is 0.609. The topological polar surface area (TPSA) is 0 Å². The molecule has 0 spiro atoms. The zero-order valence-corrected chi connectivity index (χ0v) is 9.29. The van der Waals surface area contributed by atoms with Gasteiger partial charge in [0.1, 0.15) is 0 Å². The molecule has 0 heteroatoms. The first-order valence-corrected chi connectivity index (χ1v) is 5.39. The summed E-state index contributed by atoms with van der Waals surface area (Å²) in [6.45, 7) is 8.18. The van der Waals surface area contributed by atoms with Gasteiger partial charge in [-0.25, -0.2) is 0 Å². The van der Waals surface area contributed by atoms with Crippen molar-refractivity contribution in [2.45, 2.75) is 33.1 Å². The number of benzene rings is 1. The first-order valence-electron chi connectivity index (χ1n) is 5.39. The summed E-state index contributed by atoms with van der Waals surface area (Å²) in [5.41, 5.74) is 2.79. The third-order valence-electron chi connectivity index (χ3n) is 2.62. The second kappa shape index (κ2) is 5.64. The van der Waals surface area contributed by atoms with Crippen molar-refractivity contribution in [1.29, 1.82) is 0 Å². The monoisotopic (exact) mass is 188 g/mol. The van der Waals surface area contributed by atoms with Gasteiger partial charge < -0.3 is 0 Å². The van der Waals surface area contributed by atoms with E-state index in [1.165, 1.54) is 24.0 Å². The Kier molecular flexibility index (Phi) is 4.45. The van der Waals surface area contributed by atoms with Crippen molar-refractivity contribution in [3.8, 4) is 0 Å². The number of rotatable bonds is 5. The van der Waals surface area contributed by atoms with Gasteiger partial charge in [-0.3, -0.25) is 0 Å². The Bertz CT molecular complexity index is 269. The molecule has 1 aromatic rings. The van der Waals surface area contributed by atoms with Gasteiger partial charge in [0.15, 0.2) is 0 Å². The van der Waals surface area contributed by atoms with Crippen molar-refractivity contribution in [3.05, 3.63) is 48.0 Å². The Morgan fingerprint density at radius 3 is 2.50 bits per heavy atom. The van der Waals surface area contributed by atoms with E-state index in [1.54, 1.807) is 0 Å². The van der Waals surface area contributed by atoms with Gasteiger partial charge in [-0.1, -0.05) is 42.8 Å². The summed E-state index contributed by atoms with van der Waals surface area (Å²) in [5.74, 6) is 0.758. The summed E-state index contributed by atoms with van der Waals surface area (Å²) in [6.07, 6.45) is 5.59. The van der Waals surface area contributed by atoms with Crippen LogP contribution in [-0.4, -0.2) is 0 Å². The molecule has 0 N–H and O–H groups in total. The van der Waals surface area contributed by atoms with E-state index in [1.807, 2.05) is 6.08 Å². The fourth-order valence-electron chi connectivity index (χ4n) is 1.57. The molecule has 0 aliphatic rings. The van der Waals surface area contributed by atoms with Crippen molar-refractivity contribution >= 4 is 0 Å². The lowest BCUT2D eigenvalue weighted by molar-refractivity contribution is 0.541. The zero-order chi connectivity index (χ0) is 10.4. The van der Waals surface area contributed by atoms with Gasteiger partial charge >= 0.3 is 0 Å². The van der Waals surface area contributed by atoms with Crippen LogP contribution in [0.25, 0.3) is 0 Å². The first-order chi connectivity index (χ1) is 6.72. The molecule has 0 saturated heterocycles. The van der Waals surface area contributed by atoms with Gasteiger partial charge in [0.2, 0.25) is 0 Å². The smallest absolute Gasteiger partial charge is 0.0276 e. The summed E-state index contributed by atoms with van der Waals surface area (Å²) in [6, 6.07) is 8.84. The maximum atomic E-state index is 3.77. The maximum Gasteiger partial charge on any atom is -0.0276 e. The fraction of sp³-hybridized carbons (Fsp3) is 0.429. The summed E-state index contributed by atoms with van der Waals surface area (Å²) in [7, 11) is 0. The standard InChI is InChI=1S/C14H20/c1-4-5-12(2)6-9-14-10-7-13(3)8-11-14/h4,7-8,10-12H,1,5-6,9H2,2-3H3. The second-order valence-electron chi connectivity index (χ2n) is 4.15. The maximum absolute atomic E-state index is 3.77. The summed E-state index contributed by atoms with van der Waals surface area (Å²) >= 11 is 0. The molecule has 76 valence electrons. The van der Waals surface area contributed by atoms with Gasteiger partial charge in [-0.15, -0.1) is 6.58 Å². The van der Waals surface area contributed by atoms with E-state index in [0.717, 1.165) is 12.3 Å². The summed E-state index contributed by atoms with van der Waals surface area (Å²) in [5, 5.41) is 0. The van der Waals surface area contributed by atoms with Crippen LogP contribution in [0.15, 0.2) is 36.9 Å². The highest BCUT2D eigenvalue weighted by Crippen LogP contribution is 2.13. The third-order valence-corrected chi connectivity index (χ3v) is 2.62. The minimum atomic E-state index is 0.758. The number of hydrogen-bond donors (Lipinski definition) is 0. The molecule has 0 aromatic heterocycles. The Morgan fingerprint density at radius 1 is 1.29 bits per heavy atom. The Labute approximate surface area is 87.7 Å². The van der Waals surface area contributed by atoms with Crippen LogP contribution in [0.2, 0.25) is 0 Å². The number of aryl methyl sites for hydroxylation is 2. The van der Waals surface area contributed by atoms with Crippen molar-refractivity contribution in [2.75, 3.05) is 0 Å². The van der Waals surface area contributed by atoms with Crippen LogP contribution in [-0.2, 0) is 6.42 Å². The van der Waals surface area contributed by atoms with Crippen LogP contribution >= 0.6 is 0 Å². The van der Waals surface area contributed by atoms with E-state index < -0.39 is 0 Å². The van der Waals surface area contributed by atoms with Crippen molar-refractivity contribution < 1.29 is 0 Å². The molecule has 0 fully saturated rings. The van der Waals surface area contributed by atoms with Crippen molar-refractivity contribution in [2.24, 2.45) is 5.92 Å². The van der Waals surface area contributed by atoms with Crippen LogP contribution in [0.3, 0.4) is 0 Å². The Balaban J connectivity index is 2.37. The molecular formula is C14H20. The third kappa shape index (κ3) is 3.78. The van der Waals surface area contributed by atoms with Crippen LogP contribution in [0.1, 0.15) is 30.9 Å². The van der Waals surface area contributed by atoms with Crippen LogP contribution < -0.4 is 0 Å². The predicted octanol–water partition coefficient (Wildman–Crippen LogP) is 4.14. The van der Waals surface area contributed by atoms with E-state index in [-0.39, 0.29) is 0 Å². The molecule has 1 atom stereocenters. The molecule has 0 saturated carbocycles. The Hall–Kier alpha value is -1.04. The van der Waals surface area contributed by atoms with Gasteiger partial charge in [0.25, 0.3) is 0 Å². The molecule has 1 aromatic carbocycles. The average Bonchev–Trinajstić information content (AvgIpc) is 2.17. The molecule has 0 aliphatic carbocycles. The molecule has 1 rings (SSSR count). The SMILES string of the molecule is C=CCC(C)CCc1ccc(C)cc1. The minimum absolute atomic E-state index is 0.758. The molecular weight excluding hydrogens is 168 g/mol.